The zero-order valence-corrected chi connectivity index (χ0v) is 19.0. The Bertz CT molecular complexity index is 1230. The van der Waals surface area contributed by atoms with Gasteiger partial charge in [-0.25, -0.2) is 4.98 Å². The Morgan fingerprint density at radius 1 is 0.970 bits per heavy atom. The number of hydrogen-bond acceptors (Lipinski definition) is 3. The molecule has 0 spiro atoms. The number of aromatic nitrogens is 2. The molecule has 1 aliphatic heterocycles. The first-order valence-corrected chi connectivity index (χ1v) is 11.6. The summed E-state index contributed by atoms with van der Waals surface area (Å²) in [6.45, 7) is 4.88. The fraction of sp³-hybridized carbons (Fsp3) is 0.286. The van der Waals surface area contributed by atoms with Crippen molar-refractivity contribution in [1.29, 1.82) is 0 Å². The van der Waals surface area contributed by atoms with E-state index in [1.165, 1.54) is 5.56 Å². The Kier molecular flexibility index (Phi) is 6.11. The van der Waals surface area contributed by atoms with E-state index in [9.17, 15) is 4.79 Å². The number of carbonyl (C=O) groups is 1. The van der Waals surface area contributed by atoms with Gasteiger partial charge in [-0.05, 0) is 43.2 Å². The molecule has 5 heteroatoms. The monoisotopic (exact) mass is 439 g/mol. The molecular weight excluding hydrogens is 410 g/mol. The summed E-state index contributed by atoms with van der Waals surface area (Å²) in [5.41, 5.74) is 4.50. The summed E-state index contributed by atoms with van der Waals surface area (Å²) in [6.07, 6.45) is 1.38. The minimum atomic E-state index is 0.103. The van der Waals surface area contributed by atoms with Gasteiger partial charge in [-0.1, -0.05) is 60.2 Å². The third kappa shape index (κ3) is 4.77. The lowest BCUT2D eigenvalue weighted by atomic mass is 10.1. The van der Waals surface area contributed by atoms with Crippen LogP contribution < -0.4 is 4.74 Å². The third-order valence-electron chi connectivity index (χ3n) is 6.30. The van der Waals surface area contributed by atoms with Gasteiger partial charge in [0.15, 0.2) is 0 Å². The molecule has 0 N–H and O–H groups in total. The first-order valence-electron chi connectivity index (χ1n) is 11.6. The van der Waals surface area contributed by atoms with Crippen molar-refractivity contribution in [2.75, 3.05) is 13.2 Å². The number of para-hydroxylation sites is 2. The van der Waals surface area contributed by atoms with Gasteiger partial charge >= 0.3 is 0 Å². The molecule has 5 nitrogen and oxygen atoms in total. The molecule has 33 heavy (non-hydrogen) atoms. The molecular formula is C28H29N3O2. The Labute approximate surface area is 194 Å². The van der Waals surface area contributed by atoms with Gasteiger partial charge in [0.05, 0.1) is 17.6 Å². The third-order valence-corrected chi connectivity index (χ3v) is 6.30. The van der Waals surface area contributed by atoms with Crippen molar-refractivity contribution in [1.82, 2.24) is 14.5 Å². The number of amides is 1. The number of rotatable bonds is 8. The molecule has 3 aromatic carbocycles. The molecule has 1 atom stereocenters. The summed E-state index contributed by atoms with van der Waals surface area (Å²) in [7, 11) is 0. The quantitative estimate of drug-likeness (QED) is 0.349. The van der Waals surface area contributed by atoms with Crippen LogP contribution in [0.15, 0.2) is 78.9 Å². The Balaban J connectivity index is 1.30. The topological polar surface area (TPSA) is 47.4 Å². The number of imidazole rings is 1. The molecule has 1 saturated heterocycles. The van der Waals surface area contributed by atoms with Crippen LogP contribution in [0.5, 0.6) is 5.75 Å². The zero-order valence-electron chi connectivity index (χ0n) is 19.0. The summed E-state index contributed by atoms with van der Waals surface area (Å²) in [4.78, 5) is 19.7. The molecule has 0 saturated carbocycles. The van der Waals surface area contributed by atoms with E-state index in [0.29, 0.717) is 26.1 Å². The van der Waals surface area contributed by atoms with Gasteiger partial charge in [0.2, 0.25) is 5.91 Å². The van der Waals surface area contributed by atoms with Crippen LogP contribution in [0.4, 0.5) is 0 Å². The number of benzene rings is 3. The van der Waals surface area contributed by atoms with Crippen molar-refractivity contribution < 1.29 is 9.53 Å². The molecule has 0 radical (unpaired) electrons. The predicted molar refractivity (Wildman–Crippen MR) is 130 cm³/mol. The Morgan fingerprint density at radius 3 is 2.55 bits per heavy atom. The van der Waals surface area contributed by atoms with Crippen molar-refractivity contribution in [2.45, 2.75) is 38.8 Å². The summed E-state index contributed by atoms with van der Waals surface area (Å²) in [5.74, 6) is 2.21. The molecule has 4 aromatic rings. The Hall–Kier alpha value is -3.60. The fourth-order valence-electron chi connectivity index (χ4n) is 4.59. The van der Waals surface area contributed by atoms with E-state index in [0.717, 1.165) is 41.1 Å². The van der Waals surface area contributed by atoms with Crippen LogP contribution in [0.25, 0.3) is 11.0 Å². The van der Waals surface area contributed by atoms with Gasteiger partial charge in [0.25, 0.3) is 0 Å². The van der Waals surface area contributed by atoms with Crippen molar-refractivity contribution in [3.8, 4) is 5.75 Å². The molecule has 1 amide bonds. The molecule has 0 unspecified atom stereocenters. The lowest BCUT2D eigenvalue weighted by Crippen LogP contribution is -2.24. The van der Waals surface area contributed by atoms with Crippen LogP contribution in [0.1, 0.15) is 35.7 Å². The maximum absolute atomic E-state index is 12.8. The predicted octanol–water partition coefficient (Wildman–Crippen LogP) is 5.33. The zero-order chi connectivity index (χ0) is 22.6. The lowest BCUT2D eigenvalue weighted by Gasteiger charge is -2.17. The van der Waals surface area contributed by atoms with E-state index < -0.39 is 0 Å². The average molecular weight is 440 g/mol. The summed E-state index contributed by atoms with van der Waals surface area (Å²) in [5, 5.41) is 0. The number of aryl methyl sites for hydroxylation is 2. The molecule has 5 rings (SSSR count). The van der Waals surface area contributed by atoms with Crippen LogP contribution >= 0.6 is 0 Å². The standard InChI is InChI=1S/C28H29N3O2/c1-21-12-14-24(15-13-21)33-17-7-16-31-26-11-6-5-10-25(26)29-28(31)23-18-27(32)30(20-23)19-22-8-3-2-4-9-22/h2-6,8-15,23H,7,16-20H2,1H3/t23-/m0/s1. The Morgan fingerprint density at radius 2 is 1.73 bits per heavy atom. The smallest absolute Gasteiger partial charge is 0.223 e. The SMILES string of the molecule is Cc1ccc(OCCCn2c([C@H]3CC(=O)N(Cc4ccccc4)C3)nc3ccccc32)cc1. The maximum Gasteiger partial charge on any atom is 0.223 e. The maximum atomic E-state index is 12.8. The normalized spacial score (nSPS) is 16.0. The van der Waals surface area contributed by atoms with Crippen molar-refractivity contribution >= 4 is 16.9 Å². The second kappa shape index (κ2) is 9.49. The fourth-order valence-corrected chi connectivity index (χ4v) is 4.59. The highest BCUT2D eigenvalue weighted by Gasteiger charge is 2.33. The van der Waals surface area contributed by atoms with Crippen LogP contribution in [0.3, 0.4) is 0 Å². The summed E-state index contributed by atoms with van der Waals surface area (Å²) in [6, 6.07) is 26.6. The minimum Gasteiger partial charge on any atom is -0.494 e. The molecule has 168 valence electrons. The van der Waals surface area contributed by atoms with Gasteiger partial charge in [0.1, 0.15) is 11.6 Å². The van der Waals surface area contributed by atoms with Crippen molar-refractivity contribution in [3.05, 3.63) is 95.8 Å². The molecule has 1 fully saturated rings. The highest BCUT2D eigenvalue weighted by atomic mass is 16.5. The van der Waals surface area contributed by atoms with Gasteiger partial charge in [0, 0.05) is 32.0 Å². The van der Waals surface area contributed by atoms with Gasteiger partial charge in [-0.15, -0.1) is 0 Å². The molecule has 0 aliphatic carbocycles. The van der Waals surface area contributed by atoms with E-state index >= 15 is 0 Å². The average Bonchev–Trinajstić information content (AvgIpc) is 3.39. The van der Waals surface area contributed by atoms with Crippen LogP contribution in [-0.2, 0) is 17.9 Å². The van der Waals surface area contributed by atoms with Crippen molar-refractivity contribution in [3.63, 3.8) is 0 Å². The van der Waals surface area contributed by atoms with Gasteiger partial charge < -0.3 is 14.2 Å². The van der Waals surface area contributed by atoms with E-state index in [1.54, 1.807) is 0 Å². The molecule has 1 aliphatic rings. The first kappa shape index (κ1) is 21.3. The molecule has 1 aromatic heterocycles. The van der Waals surface area contributed by atoms with Gasteiger partial charge in [-0.3, -0.25) is 4.79 Å². The number of fused-ring (bicyclic) bond motifs is 1. The van der Waals surface area contributed by atoms with E-state index in [1.807, 2.05) is 41.3 Å². The summed E-state index contributed by atoms with van der Waals surface area (Å²) >= 11 is 0. The minimum absolute atomic E-state index is 0.103. The van der Waals surface area contributed by atoms with Crippen LogP contribution in [0, 0.1) is 6.92 Å². The van der Waals surface area contributed by atoms with Crippen LogP contribution in [-0.4, -0.2) is 33.5 Å². The highest BCUT2D eigenvalue weighted by Crippen LogP contribution is 2.31. The number of carbonyl (C=O) groups excluding carboxylic acids is 1. The van der Waals surface area contributed by atoms with E-state index in [2.05, 4.69) is 54.0 Å². The lowest BCUT2D eigenvalue weighted by molar-refractivity contribution is -0.128. The largest absolute Gasteiger partial charge is 0.494 e. The van der Waals surface area contributed by atoms with Crippen molar-refractivity contribution in [2.24, 2.45) is 0 Å². The number of hydrogen-bond donors (Lipinski definition) is 0. The number of likely N-dealkylation sites (tertiary alicyclic amines) is 1. The first-order chi connectivity index (χ1) is 16.2. The number of ether oxygens (including phenoxy) is 1. The highest BCUT2D eigenvalue weighted by molar-refractivity contribution is 5.81. The number of nitrogens with zero attached hydrogens (tertiary/aromatic N) is 3. The van der Waals surface area contributed by atoms with Gasteiger partial charge in [-0.2, -0.15) is 0 Å². The van der Waals surface area contributed by atoms with Crippen LogP contribution in [0.2, 0.25) is 0 Å². The summed E-state index contributed by atoms with van der Waals surface area (Å²) < 4.78 is 8.23. The molecule has 2 heterocycles. The second-order valence-electron chi connectivity index (χ2n) is 8.79. The molecule has 0 bridgehead atoms. The van der Waals surface area contributed by atoms with E-state index in [-0.39, 0.29) is 11.8 Å². The second-order valence-corrected chi connectivity index (χ2v) is 8.79. The van der Waals surface area contributed by atoms with E-state index in [4.69, 9.17) is 9.72 Å².